The first-order valence-corrected chi connectivity index (χ1v) is 6.98. The zero-order valence-corrected chi connectivity index (χ0v) is 11.6. The lowest BCUT2D eigenvalue weighted by Gasteiger charge is -2.07. The lowest BCUT2D eigenvalue weighted by Crippen LogP contribution is -2.23. The first kappa shape index (κ1) is 14.9. The second-order valence-electron chi connectivity index (χ2n) is 4.05. The van der Waals surface area contributed by atoms with Crippen LogP contribution in [0, 0.1) is 16.0 Å². The highest BCUT2D eigenvalue weighted by Crippen LogP contribution is 2.23. The van der Waals surface area contributed by atoms with Gasteiger partial charge in [-0.25, -0.2) is 0 Å². The fraction of sp³-hybridized carbons (Fsp3) is 0.545. The average Bonchev–Trinajstić information content (AvgIpc) is 2.83. The van der Waals surface area contributed by atoms with Gasteiger partial charge < -0.3 is 5.32 Å². The van der Waals surface area contributed by atoms with Gasteiger partial charge in [0.15, 0.2) is 0 Å². The lowest BCUT2D eigenvalue weighted by molar-refractivity contribution is -0.380. The Labute approximate surface area is 114 Å². The number of hydrogen-bond donors (Lipinski definition) is 1. The fourth-order valence-corrected chi connectivity index (χ4v) is 2.26. The Bertz CT molecular complexity index is 422. The molecule has 1 rings (SSSR count). The largest absolute Gasteiger partial charge is 0.351 e. The Balaban J connectivity index is 2.34. The Kier molecular flexibility index (Phi) is 6.07. The molecule has 0 bridgehead atoms. The molecule has 18 heavy (non-hydrogen) atoms. The highest BCUT2D eigenvalue weighted by atomic mass is 35.5. The predicted molar refractivity (Wildman–Crippen MR) is 72.4 cm³/mol. The van der Waals surface area contributed by atoms with Gasteiger partial charge in [0.1, 0.15) is 0 Å². The molecule has 1 heterocycles. The molecular formula is C11H15ClN2O3S. The van der Waals surface area contributed by atoms with Crippen LogP contribution in [0.15, 0.2) is 12.1 Å². The molecule has 0 saturated heterocycles. The highest BCUT2D eigenvalue weighted by Gasteiger charge is 2.14. The molecule has 1 amide bonds. The van der Waals surface area contributed by atoms with Crippen LogP contribution in [0.3, 0.4) is 0 Å². The molecule has 0 fully saturated rings. The summed E-state index contributed by atoms with van der Waals surface area (Å²) in [6.45, 7) is 2.61. The number of rotatable bonds is 7. The number of nitrogens with zero attached hydrogens (tertiary/aromatic N) is 1. The quantitative estimate of drug-likeness (QED) is 0.363. The average molecular weight is 291 g/mol. The molecule has 0 aliphatic rings. The van der Waals surface area contributed by atoms with Gasteiger partial charge in [0, 0.05) is 18.5 Å². The van der Waals surface area contributed by atoms with Gasteiger partial charge in [0.2, 0.25) is 0 Å². The van der Waals surface area contributed by atoms with Gasteiger partial charge in [-0.2, -0.15) is 0 Å². The van der Waals surface area contributed by atoms with Crippen LogP contribution in [0.25, 0.3) is 0 Å². The van der Waals surface area contributed by atoms with E-state index in [1.54, 1.807) is 0 Å². The molecule has 0 saturated carbocycles. The maximum atomic E-state index is 11.6. The van der Waals surface area contributed by atoms with Crippen LogP contribution in [-0.4, -0.2) is 23.3 Å². The van der Waals surface area contributed by atoms with E-state index >= 15 is 0 Å². The third-order valence-corrected chi connectivity index (χ3v) is 3.98. The van der Waals surface area contributed by atoms with E-state index in [4.69, 9.17) is 11.6 Å². The molecule has 1 unspecified atom stereocenters. The van der Waals surface area contributed by atoms with Crippen molar-refractivity contribution in [2.24, 2.45) is 5.92 Å². The van der Waals surface area contributed by atoms with E-state index in [0.717, 1.165) is 24.2 Å². The zero-order chi connectivity index (χ0) is 13.5. The molecule has 0 spiro atoms. The van der Waals surface area contributed by atoms with Crippen molar-refractivity contribution in [3.8, 4) is 0 Å². The highest BCUT2D eigenvalue weighted by molar-refractivity contribution is 7.17. The molecule has 100 valence electrons. The van der Waals surface area contributed by atoms with Gasteiger partial charge in [0.25, 0.3) is 5.91 Å². The van der Waals surface area contributed by atoms with E-state index in [-0.39, 0.29) is 10.9 Å². The minimum Gasteiger partial charge on any atom is -0.351 e. The van der Waals surface area contributed by atoms with Crippen LogP contribution in [0.4, 0.5) is 5.00 Å². The number of amides is 1. The van der Waals surface area contributed by atoms with Crippen molar-refractivity contribution in [1.29, 1.82) is 0 Å². The third kappa shape index (κ3) is 4.62. The first-order valence-electron chi connectivity index (χ1n) is 5.63. The maximum Gasteiger partial charge on any atom is 0.324 e. The number of hydrogen-bond acceptors (Lipinski definition) is 4. The van der Waals surface area contributed by atoms with E-state index in [2.05, 4.69) is 12.2 Å². The number of halogens is 1. The number of nitro groups is 1. The summed E-state index contributed by atoms with van der Waals surface area (Å²) in [5.41, 5.74) is 0. The number of thiophene rings is 1. The SMILES string of the molecule is CC(CCl)CCCNC(=O)c1ccc([N+](=O)[O-])s1. The second kappa shape index (κ2) is 7.33. The van der Waals surface area contributed by atoms with Crippen molar-refractivity contribution in [3.05, 3.63) is 27.1 Å². The fourth-order valence-electron chi connectivity index (χ4n) is 1.36. The minimum atomic E-state index is -0.496. The van der Waals surface area contributed by atoms with Crippen molar-refractivity contribution >= 4 is 33.8 Å². The van der Waals surface area contributed by atoms with Crippen molar-refractivity contribution in [2.75, 3.05) is 12.4 Å². The molecule has 1 aromatic heterocycles. The topological polar surface area (TPSA) is 72.2 Å². The molecule has 0 aliphatic carbocycles. The van der Waals surface area contributed by atoms with Crippen molar-refractivity contribution in [2.45, 2.75) is 19.8 Å². The summed E-state index contributed by atoms with van der Waals surface area (Å²) in [5, 5.41) is 13.2. The van der Waals surface area contributed by atoms with Crippen LogP contribution in [0.5, 0.6) is 0 Å². The number of carbonyl (C=O) groups is 1. The van der Waals surface area contributed by atoms with Crippen LogP contribution < -0.4 is 5.32 Å². The van der Waals surface area contributed by atoms with Crippen molar-refractivity contribution in [1.82, 2.24) is 5.32 Å². The summed E-state index contributed by atoms with van der Waals surface area (Å²) in [7, 11) is 0. The Hall–Kier alpha value is -1.14. The minimum absolute atomic E-state index is 0.0177. The molecule has 1 atom stereocenters. The molecule has 7 heteroatoms. The first-order chi connectivity index (χ1) is 8.54. The summed E-state index contributed by atoms with van der Waals surface area (Å²) in [6, 6.07) is 2.81. The molecule has 0 aliphatic heterocycles. The molecule has 1 aromatic rings. The summed E-state index contributed by atoms with van der Waals surface area (Å²) >= 11 is 6.56. The van der Waals surface area contributed by atoms with E-state index in [1.807, 2.05) is 0 Å². The van der Waals surface area contributed by atoms with Gasteiger partial charge in [-0.15, -0.1) is 11.6 Å². The standard InChI is InChI=1S/C11H15ClN2O3S/c1-8(7-12)3-2-6-13-11(15)9-4-5-10(18-9)14(16)17/h4-5,8H,2-3,6-7H2,1H3,(H,13,15). The van der Waals surface area contributed by atoms with Gasteiger partial charge in [-0.05, 0) is 24.8 Å². The van der Waals surface area contributed by atoms with Gasteiger partial charge in [0.05, 0.1) is 9.80 Å². The summed E-state index contributed by atoms with van der Waals surface area (Å²) in [5.74, 6) is 0.795. The monoisotopic (exact) mass is 290 g/mol. The molecule has 5 nitrogen and oxygen atoms in total. The molecule has 1 N–H and O–H groups in total. The summed E-state index contributed by atoms with van der Waals surface area (Å²) < 4.78 is 0. The Morgan fingerprint density at radius 2 is 2.33 bits per heavy atom. The molecule has 0 radical (unpaired) electrons. The number of carbonyl (C=O) groups excluding carboxylic acids is 1. The van der Waals surface area contributed by atoms with E-state index < -0.39 is 4.92 Å². The van der Waals surface area contributed by atoms with Crippen molar-refractivity contribution < 1.29 is 9.72 Å². The Morgan fingerprint density at radius 3 is 2.89 bits per heavy atom. The lowest BCUT2D eigenvalue weighted by atomic mass is 10.1. The van der Waals surface area contributed by atoms with Gasteiger partial charge in [-0.1, -0.05) is 18.3 Å². The van der Waals surface area contributed by atoms with Crippen LogP contribution in [0.2, 0.25) is 0 Å². The van der Waals surface area contributed by atoms with Gasteiger partial charge in [-0.3, -0.25) is 14.9 Å². The molecular weight excluding hydrogens is 276 g/mol. The van der Waals surface area contributed by atoms with E-state index in [0.29, 0.717) is 23.2 Å². The molecule has 0 aromatic carbocycles. The predicted octanol–water partition coefficient (Wildman–Crippen LogP) is 3.04. The Morgan fingerprint density at radius 1 is 1.61 bits per heavy atom. The smallest absolute Gasteiger partial charge is 0.324 e. The normalized spacial score (nSPS) is 12.1. The van der Waals surface area contributed by atoms with Gasteiger partial charge >= 0.3 is 5.00 Å². The van der Waals surface area contributed by atoms with E-state index in [9.17, 15) is 14.9 Å². The second-order valence-corrected chi connectivity index (χ2v) is 5.42. The van der Waals surface area contributed by atoms with Crippen LogP contribution >= 0.6 is 22.9 Å². The summed E-state index contributed by atoms with van der Waals surface area (Å²) in [6.07, 6.45) is 1.81. The van der Waals surface area contributed by atoms with Crippen molar-refractivity contribution in [3.63, 3.8) is 0 Å². The summed E-state index contributed by atoms with van der Waals surface area (Å²) in [4.78, 5) is 22.0. The van der Waals surface area contributed by atoms with Crippen LogP contribution in [0.1, 0.15) is 29.4 Å². The zero-order valence-electron chi connectivity index (χ0n) is 10.0. The maximum absolute atomic E-state index is 11.6. The van der Waals surface area contributed by atoms with Crippen LogP contribution in [-0.2, 0) is 0 Å². The third-order valence-electron chi connectivity index (χ3n) is 2.42. The number of alkyl halides is 1. The van der Waals surface area contributed by atoms with E-state index in [1.165, 1.54) is 12.1 Å². The number of nitrogens with one attached hydrogen (secondary N) is 1.